The van der Waals surface area contributed by atoms with Gasteiger partial charge in [-0.2, -0.15) is 15.4 Å². The predicted molar refractivity (Wildman–Crippen MR) is 75.7 cm³/mol. The molecule has 0 aliphatic rings. The number of halogens is 1. The fourth-order valence-electron chi connectivity index (χ4n) is 1.73. The van der Waals surface area contributed by atoms with E-state index < -0.39 is 5.91 Å². The van der Waals surface area contributed by atoms with Gasteiger partial charge in [-0.3, -0.25) is 4.79 Å². The van der Waals surface area contributed by atoms with Gasteiger partial charge in [-0.05, 0) is 24.6 Å². The number of rotatable bonds is 6. The van der Waals surface area contributed by atoms with E-state index in [4.69, 9.17) is 22.1 Å². The molecule has 2 rings (SSSR count). The summed E-state index contributed by atoms with van der Waals surface area (Å²) < 4.78 is 5.70. The van der Waals surface area contributed by atoms with E-state index in [1.807, 2.05) is 0 Å². The number of nitrogens with one attached hydrogen (secondary N) is 1. The maximum atomic E-state index is 11.3. The summed E-state index contributed by atoms with van der Waals surface area (Å²) in [6, 6.07) is 5.14. The molecule has 1 amide bonds. The monoisotopic (exact) mass is 294 g/mol. The second kappa shape index (κ2) is 6.38. The minimum absolute atomic E-state index is 0.0626. The summed E-state index contributed by atoms with van der Waals surface area (Å²) in [4.78, 5) is 11.3. The summed E-state index contributed by atoms with van der Waals surface area (Å²) in [7, 11) is 0. The lowest BCUT2D eigenvalue weighted by Gasteiger charge is -2.10. The first-order valence-electron chi connectivity index (χ1n) is 6.26. The van der Waals surface area contributed by atoms with Crippen molar-refractivity contribution in [3.63, 3.8) is 0 Å². The van der Waals surface area contributed by atoms with Crippen molar-refractivity contribution < 1.29 is 9.53 Å². The van der Waals surface area contributed by atoms with Gasteiger partial charge in [0.2, 0.25) is 0 Å². The fourth-order valence-corrected chi connectivity index (χ4v) is 1.90. The molecule has 20 heavy (non-hydrogen) atoms. The Bertz CT molecular complexity index is 612. The van der Waals surface area contributed by atoms with Crippen LogP contribution in [0, 0.1) is 0 Å². The molecular formula is C13H15ClN4O2. The van der Waals surface area contributed by atoms with E-state index in [1.165, 1.54) is 0 Å². The zero-order valence-corrected chi connectivity index (χ0v) is 11.8. The number of unbranched alkanes of at least 4 members (excludes halogenated alkanes) is 1. The number of nitrogens with two attached hydrogens (primary N) is 1. The molecule has 0 unspecified atom stereocenters. The van der Waals surface area contributed by atoms with Crippen molar-refractivity contribution in [1.29, 1.82) is 0 Å². The topological polar surface area (TPSA) is 93.9 Å². The molecule has 0 aliphatic heterocycles. The zero-order chi connectivity index (χ0) is 14.5. The molecule has 6 nitrogen and oxygen atoms in total. The number of benzene rings is 1. The van der Waals surface area contributed by atoms with Crippen LogP contribution in [0.1, 0.15) is 30.3 Å². The average molecular weight is 295 g/mol. The summed E-state index contributed by atoms with van der Waals surface area (Å²) in [6.45, 7) is 2.66. The highest BCUT2D eigenvalue weighted by molar-refractivity contribution is 6.31. The Hall–Kier alpha value is -2.08. The van der Waals surface area contributed by atoms with Gasteiger partial charge in [-0.15, -0.1) is 0 Å². The van der Waals surface area contributed by atoms with Gasteiger partial charge in [-0.25, -0.2) is 0 Å². The molecule has 0 fully saturated rings. The number of ether oxygens (including phenoxy) is 1. The Kier molecular flexibility index (Phi) is 4.57. The molecule has 2 aromatic rings. The minimum Gasteiger partial charge on any atom is -0.493 e. The third-order valence-corrected chi connectivity index (χ3v) is 2.97. The molecule has 7 heteroatoms. The van der Waals surface area contributed by atoms with Crippen molar-refractivity contribution in [3.8, 4) is 17.0 Å². The number of hydrogen-bond acceptors (Lipinski definition) is 4. The van der Waals surface area contributed by atoms with E-state index in [9.17, 15) is 4.79 Å². The number of nitrogens with zero attached hydrogens (tertiary/aromatic N) is 2. The second-order valence-electron chi connectivity index (χ2n) is 4.23. The molecular weight excluding hydrogens is 280 g/mol. The molecule has 0 bridgehead atoms. The smallest absolute Gasteiger partial charge is 0.271 e. The Morgan fingerprint density at radius 1 is 1.45 bits per heavy atom. The van der Waals surface area contributed by atoms with Crippen LogP contribution in [0.3, 0.4) is 0 Å². The van der Waals surface area contributed by atoms with E-state index in [2.05, 4.69) is 22.3 Å². The van der Waals surface area contributed by atoms with E-state index in [1.54, 1.807) is 18.2 Å². The van der Waals surface area contributed by atoms with Crippen molar-refractivity contribution in [2.75, 3.05) is 6.61 Å². The summed E-state index contributed by atoms with van der Waals surface area (Å²) >= 11 is 6.00. The number of hydrogen-bond donors (Lipinski definition) is 2. The van der Waals surface area contributed by atoms with Crippen molar-refractivity contribution >= 4 is 17.5 Å². The summed E-state index contributed by atoms with van der Waals surface area (Å²) in [5, 5.41) is 10.6. The van der Waals surface area contributed by atoms with Gasteiger partial charge in [0, 0.05) is 10.6 Å². The van der Waals surface area contributed by atoms with Crippen molar-refractivity contribution in [3.05, 3.63) is 28.9 Å². The van der Waals surface area contributed by atoms with Crippen LogP contribution in [0.5, 0.6) is 5.75 Å². The molecule has 0 radical (unpaired) electrons. The highest BCUT2D eigenvalue weighted by Crippen LogP contribution is 2.32. The molecule has 0 atom stereocenters. The van der Waals surface area contributed by atoms with Crippen molar-refractivity contribution in [1.82, 2.24) is 15.4 Å². The molecule has 1 heterocycles. The highest BCUT2D eigenvalue weighted by atomic mass is 35.5. The van der Waals surface area contributed by atoms with Crippen molar-refractivity contribution in [2.24, 2.45) is 5.73 Å². The SMILES string of the molecule is CCCCOc1ccc(Cl)cc1-c1n[nH]nc1C(N)=O. The number of amides is 1. The molecule has 106 valence electrons. The van der Waals surface area contributed by atoms with E-state index in [0.717, 1.165) is 12.8 Å². The molecule has 1 aromatic heterocycles. The number of aromatic nitrogens is 3. The first kappa shape index (κ1) is 14.3. The molecule has 0 spiro atoms. The third-order valence-electron chi connectivity index (χ3n) is 2.73. The second-order valence-corrected chi connectivity index (χ2v) is 4.66. The van der Waals surface area contributed by atoms with Crippen LogP contribution in [-0.2, 0) is 0 Å². The number of primary amides is 1. The van der Waals surface area contributed by atoms with E-state index in [0.29, 0.717) is 28.6 Å². The normalized spacial score (nSPS) is 10.5. The molecule has 0 saturated heterocycles. The first-order chi connectivity index (χ1) is 9.63. The summed E-state index contributed by atoms with van der Waals surface area (Å²) in [6.07, 6.45) is 1.96. The van der Waals surface area contributed by atoms with Gasteiger partial charge in [0.25, 0.3) is 5.91 Å². The van der Waals surface area contributed by atoms with Crippen molar-refractivity contribution in [2.45, 2.75) is 19.8 Å². The number of H-pyrrole nitrogens is 1. The summed E-state index contributed by atoms with van der Waals surface area (Å²) in [5.74, 6) is -0.0625. The lowest BCUT2D eigenvalue weighted by atomic mass is 10.1. The van der Waals surface area contributed by atoms with E-state index in [-0.39, 0.29) is 5.69 Å². The summed E-state index contributed by atoms with van der Waals surface area (Å²) in [5.41, 5.74) is 6.27. The van der Waals surface area contributed by atoms with Gasteiger partial charge in [-0.1, -0.05) is 24.9 Å². The van der Waals surface area contributed by atoms with Crippen LogP contribution in [0.15, 0.2) is 18.2 Å². The molecule has 0 aliphatic carbocycles. The van der Waals surface area contributed by atoms with Gasteiger partial charge < -0.3 is 10.5 Å². The Morgan fingerprint density at radius 2 is 2.25 bits per heavy atom. The highest BCUT2D eigenvalue weighted by Gasteiger charge is 2.19. The number of aromatic amines is 1. The Labute approximate surface area is 121 Å². The standard InChI is InChI=1S/C13H15ClN4O2/c1-2-3-6-20-10-5-4-8(14)7-9(10)11-12(13(15)19)17-18-16-11/h4-5,7H,2-3,6H2,1H3,(H2,15,19)(H,16,17,18). The zero-order valence-electron chi connectivity index (χ0n) is 11.0. The average Bonchev–Trinajstić information content (AvgIpc) is 2.90. The van der Waals surface area contributed by atoms with Crippen LogP contribution in [0.25, 0.3) is 11.3 Å². The maximum absolute atomic E-state index is 11.3. The fraction of sp³-hybridized carbons (Fsp3) is 0.308. The van der Waals surface area contributed by atoms with Gasteiger partial charge in [0.1, 0.15) is 11.4 Å². The van der Waals surface area contributed by atoms with Crippen LogP contribution in [0.4, 0.5) is 0 Å². The van der Waals surface area contributed by atoms with Gasteiger partial charge in [0.15, 0.2) is 5.69 Å². The Morgan fingerprint density at radius 3 is 2.95 bits per heavy atom. The Balaban J connectivity index is 2.40. The quantitative estimate of drug-likeness (QED) is 0.800. The lowest BCUT2D eigenvalue weighted by Crippen LogP contribution is -2.13. The maximum Gasteiger partial charge on any atom is 0.271 e. The first-order valence-corrected chi connectivity index (χ1v) is 6.64. The number of carbonyl (C=O) groups excluding carboxylic acids is 1. The minimum atomic E-state index is -0.659. The van der Waals surface area contributed by atoms with Gasteiger partial charge >= 0.3 is 0 Å². The van der Waals surface area contributed by atoms with Crippen LogP contribution in [-0.4, -0.2) is 27.9 Å². The molecule has 0 saturated carbocycles. The molecule has 1 aromatic carbocycles. The number of carbonyl (C=O) groups is 1. The van der Waals surface area contributed by atoms with E-state index >= 15 is 0 Å². The largest absolute Gasteiger partial charge is 0.493 e. The van der Waals surface area contributed by atoms with Crippen LogP contribution < -0.4 is 10.5 Å². The van der Waals surface area contributed by atoms with Crippen LogP contribution in [0.2, 0.25) is 5.02 Å². The predicted octanol–water partition coefficient (Wildman–Crippen LogP) is 2.40. The lowest BCUT2D eigenvalue weighted by molar-refractivity contribution is 0.0996. The molecule has 3 N–H and O–H groups in total. The van der Waals surface area contributed by atoms with Gasteiger partial charge in [0.05, 0.1) is 6.61 Å². The third kappa shape index (κ3) is 3.08. The van der Waals surface area contributed by atoms with Crippen LogP contribution >= 0.6 is 11.6 Å².